The minimum absolute atomic E-state index is 0.0725. The molecule has 0 bridgehead atoms. The zero-order chi connectivity index (χ0) is 12.3. The molecule has 92 valence electrons. The first kappa shape index (κ1) is 11.9. The fourth-order valence-electron chi connectivity index (χ4n) is 1.72. The molecular weight excluding hydrogens is 218 g/mol. The van der Waals surface area contributed by atoms with Crippen molar-refractivity contribution in [3.05, 3.63) is 24.3 Å². The molecule has 1 fully saturated rings. The largest absolute Gasteiger partial charge is 0.399 e. The predicted octanol–water partition coefficient (Wildman–Crippen LogP) is 1.23. The molecule has 3 N–H and O–H groups in total. The second-order valence-corrected chi connectivity index (χ2v) is 4.11. The first-order valence-electron chi connectivity index (χ1n) is 5.73. The highest BCUT2D eigenvalue weighted by Gasteiger charge is 2.25. The van der Waals surface area contributed by atoms with Gasteiger partial charge in [0.15, 0.2) is 0 Å². The molecule has 5 heteroatoms. The van der Waals surface area contributed by atoms with Gasteiger partial charge in [-0.05, 0) is 37.6 Å². The average molecular weight is 235 g/mol. The molecule has 1 aliphatic rings. The molecule has 2 rings (SSSR count). The van der Waals surface area contributed by atoms with Crippen molar-refractivity contribution < 1.29 is 9.63 Å². The number of anilines is 2. The molecule has 0 aromatic heterocycles. The second-order valence-electron chi connectivity index (χ2n) is 4.11. The monoisotopic (exact) mass is 235 g/mol. The first-order chi connectivity index (χ1) is 8.16. The van der Waals surface area contributed by atoms with E-state index >= 15 is 0 Å². The van der Waals surface area contributed by atoms with Crippen molar-refractivity contribution in [1.29, 1.82) is 0 Å². The standard InChI is InChI=1S/C12H17N3O2/c1-9(15-7-2-8-17-15)12(16)14-11-5-3-10(13)4-6-11/h3-6,9H,2,7-8,13H2,1H3,(H,14,16). The molecule has 5 nitrogen and oxygen atoms in total. The molecule has 0 spiro atoms. The number of carbonyl (C=O) groups excluding carboxylic acids is 1. The maximum Gasteiger partial charge on any atom is 0.243 e. The van der Waals surface area contributed by atoms with Crippen LogP contribution in [0.4, 0.5) is 11.4 Å². The molecule has 0 saturated carbocycles. The van der Waals surface area contributed by atoms with Gasteiger partial charge < -0.3 is 11.1 Å². The van der Waals surface area contributed by atoms with Crippen molar-refractivity contribution in [3.63, 3.8) is 0 Å². The Morgan fingerprint density at radius 2 is 2.18 bits per heavy atom. The smallest absolute Gasteiger partial charge is 0.243 e. The lowest BCUT2D eigenvalue weighted by Crippen LogP contribution is -2.39. The van der Waals surface area contributed by atoms with Crippen molar-refractivity contribution >= 4 is 17.3 Å². The van der Waals surface area contributed by atoms with E-state index in [0.29, 0.717) is 12.3 Å². The Hall–Kier alpha value is -1.59. The molecule has 0 aliphatic carbocycles. The number of benzene rings is 1. The minimum atomic E-state index is -0.282. The van der Waals surface area contributed by atoms with Gasteiger partial charge in [-0.2, -0.15) is 5.06 Å². The van der Waals surface area contributed by atoms with Gasteiger partial charge in [-0.1, -0.05) is 0 Å². The highest BCUT2D eigenvalue weighted by Crippen LogP contribution is 2.14. The predicted molar refractivity (Wildman–Crippen MR) is 66.2 cm³/mol. The van der Waals surface area contributed by atoms with Crippen LogP contribution < -0.4 is 11.1 Å². The number of carbonyl (C=O) groups is 1. The van der Waals surface area contributed by atoms with Crippen molar-refractivity contribution in [3.8, 4) is 0 Å². The third-order valence-electron chi connectivity index (χ3n) is 2.77. The molecule has 1 atom stereocenters. The van der Waals surface area contributed by atoms with E-state index in [0.717, 1.165) is 18.7 Å². The second kappa shape index (κ2) is 5.16. The summed E-state index contributed by atoms with van der Waals surface area (Å²) in [5, 5.41) is 4.54. The normalized spacial score (nSPS) is 17.9. The number of nitrogens with one attached hydrogen (secondary N) is 1. The fourth-order valence-corrected chi connectivity index (χ4v) is 1.72. The van der Waals surface area contributed by atoms with Crippen molar-refractivity contribution in [2.24, 2.45) is 0 Å². The van der Waals surface area contributed by atoms with E-state index in [-0.39, 0.29) is 11.9 Å². The molecule has 1 aliphatic heterocycles. The maximum absolute atomic E-state index is 11.9. The van der Waals surface area contributed by atoms with Crippen LogP contribution in [0.1, 0.15) is 13.3 Å². The van der Waals surface area contributed by atoms with Gasteiger partial charge in [0.2, 0.25) is 5.91 Å². The third-order valence-corrected chi connectivity index (χ3v) is 2.77. The summed E-state index contributed by atoms with van der Waals surface area (Å²) in [7, 11) is 0. The number of nitrogen functional groups attached to an aromatic ring is 1. The molecular formula is C12H17N3O2. The Morgan fingerprint density at radius 1 is 1.47 bits per heavy atom. The molecule has 1 heterocycles. The van der Waals surface area contributed by atoms with Crippen LogP contribution in [0.3, 0.4) is 0 Å². The Kier molecular flexibility index (Phi) is 3.61. The summed E-state index contributed by atoms with van der Waals surface area (Å²) in [5.41, 5.74) is 7.00. The van der Waals surface area contributed by atoms with Crippen LogP contribution in [0, 0.1) is 0 Å². The molecule has 17 heavy (non-hydrogen) atoms. The van der Waals surface area contributed by atoms with E-state index in [2.05, 4.69) is 5.32 Å². The number of rotatable bonds is 3. The molecule has 1 aromatic carbocycles. The van der Waals surface area contributed by atoms with Crippen LogP contribution in [0.25, 0.3) is 0 Å². The highest BCUT2D eigenvalue weighted by atomic mass is 16.7. The van der Waals surface area contributed by atoms with Crippen molar-refractivity contribution in [1.82, 2.24) is 5.06 Å². The number of hydrogen-bond donors (Lipinski definition) is 2. The SMILES string of the molecule is CC(C(=O)Nc1ccc(N)cc1)N1CCCO1. The van der Waals surface area contributed by atoms with Crippen LogP contribution in [0.5, 0.6) is 0 Å². The third kappa shape index (κ3) is 2.95. The zero-order valence-corrected chi connectivity index (χ0v) is 9.85. The van der Waals surface area contributed by atoms with Crippen LogP contribution in [0.15, 0.2) is 24.3 Å². The Morgan fingerprint density at radius 3 is 2.76 bits per heavy atom. The maximum atomic E-state index is 11.9. The van der Waals surface area contributed by atoms with Crippen molar-refractivity contribution in [2.75, 3.05) is 24.2 Å². The van der Waals surface area contributed by atoms with Gasteiger partial charge in [0.05, 0.1) is 6.61 Å². The zero-order valence-electron chi connectivity index (χ0n) is 9.85. The van der Waals surface area contributed by atoms with Gasteiger partial charge in [0, 0.05) is 17.9 Å². The van der Waals surface area contributed by atoms with E-state index in [9.17, 15) is 4.79 Å². The van der Waals surface area contributed by atoms with Gasteiger partial charge in [-0.15, -0.1) is 0 Å². The average Bonchev–Trinajstić information content (AvgIpc) is 2.84. The quantitative estimate of drug-likeness (QED) is 0.773. The van der Waals surface area contributed by atoms with Gasteiger partial charge in [0.1, 0.15) is 6.04 Å². The van der Waals surface area contributed by atoms with Gasteiger partial charge >= 0.3 is 0 Å². The van der Waals surface area contributed by atoms with Crippen LogP contribution >= 0.6 is 0 Å². The minimum Gasteiger partial charge on any atom is -0.399 e. The number of amides is 1. The summed E-state index contributed by atoms with van der Waals surface area (Å²) in [4.78, 5) is 17.3. The Balaban J connectivity index is 1.93. The Labute approximate surface area is 100 Å². The van der Waals surface area contributed by atoms with E-state index < -0.39 is 0 Å². The van der Waals surface area contributed by atoms with Crippen LogP contribution in [-0.4, -0.2) is 30.2 Å². The number of hydroxylamine groups is 2. The van der Waals surface area contributed by atoms with Gasteiger partial charge in [-0.25, -0.2) is 0 Å². The molecule has 1 aromatic rings. The van der Waals surface area contributed by atoms with Crippen LogP contribution in [-0.2, 0) is 9.63 Å². The Bertz CT molecular complexity index is 385. The first-order valence-corrected chi connectivity index (χ1v) is 5.73. The lowest BCUT2D eigenvalue weighted by Gasteiger charge is -2.21. The summed E-state index contributed by atoms with van der Waals surface area (Å²) >= 11 is 0. The number of nitrogens with two attached hydrogens (primary N) is 1. The summed E-state index contributed by atoms with van der Waals surface area (Å²) in [6, 6.07) is 6.80. The summed E-state index contributed by atoms with van der Waals surface area (Å²) < 4.78 is 0. The van der Waals surface area contributed by atoms with Crippen molar-refractivity contribution in [2.45, 2.75) is 19.4 Å². The number of hydrogen-bond acceptors (Lipinski definition) is 4. The van der Waals surface area contributed by atoms with E-state index in [1.165, 1.54) is 0 Å². The van der Waals surface area contributed by atoms with Crippen LogP contribution in [0.2, 0.25) is 0 Å². The summed E-state index contributed by atoms with van der Waals surface area (Å²) in [6.45, 7) is 3.33. The number of nitrogens with zero attached hydrogens (tertiary/aromatic N) is 1. The van der Waals surface area contributed by atoms with Gasteiger partial charge in [-0.3, -0.25) is 9.63 Å². The summed E-state index contributed by atoms with van der Waals surface area (Å²) in [5.74, 6) is -0.0725. The lowest BCUT2D eigenvalue weighted by atomic mass is 10.2. The van der Waals surface area contributed by atoms with E-state index in [1.807, 2.05) is 6.92 Å². The molecule has 1 saturated heterocycles. The van der Waals surface area contributed by atoms with Gasteiger partial charge in [0.25, 0.3) is 0 Å². The fraction of sp³-hybridized carbons (Fsp3) is 0.417. The topological polar surface area (TPSA) is 67.6 Å². The molecule has 1 amide bonds. The summed E-state index contributed by atoms with van der Waals surface area (Å²) in [6.07, 6.45) is 0.972. The van der Waals surface area contributed by atoms with E-state index in [4.69, 9.17) is 10.6 Å². The molecule has 1 unspecified atom stereocenters. The molecule has 0 radical (unpaired) electrons. The van der Waals surface area contributed by atoms with E-state index in [1.54, 1.807) is 29.3 Å². The lowest BCUT2D eigenvalue weighted by molar-refractivity contribution is -0.154. The highest BCUT2D eigenvalue weighted by molar-refractivity contribution is 5.94.